The van der Waals surface area contributed by atoms with Crippen molar-refractivity contribution in [2.75, 3.05) is 7.05 Å². The standard InChI is InChI=1S/C14H14BrNO3/c1-16(8-9-4-5-13(15)19-9)14(17)11-7-10(11)12-3-2-6-18-12/h2-6,10-11H,7-8H2,1H3. The molecule has 1 aliphatic carbocycles. The minimum absolute atomic E-state index is 0.0505. The van der Waals surface area contributed by atoms with E-state index in [9.17, 15) is 4.79 Å². The van der Waals surface area contributed by atoms with Crippen LogP contribution < -0.4 is 0 Å². The molecule has 2 heterocycles. The Morgan fingerprint density at radius 3 is 2.95 bits per heavy atom. The summed E-state index contributed by atoms with van der Waals surface area (Å²) >= 11 is 3.25. The summed E-state index contributed by atoms with van der Waals surface area (Å²) in [6.07, 6.45) is 2.53. The smallest absolute Gasteiger partial charge is 0.226 e. The van der Waals surface area contributed by atoms with Crippen LogP contribution in [0, 0.1) is 5.92 Å². The quantitative estimate of drug-likeness (QED) is 0.866. The molecule has 3 rings (SSSR count). The van der Waals surface area contributed by atoms with Crippen LogP contribution in [0.4, 0.5) is 0 Å². The molecule has 2 unspecified atom stereocenters. The van der Waals surface area contributed by atoms with Gasteiger partial charge in [-0.25, -0.2) is 0 Å². The summed E-state index contributed by atoms with van der Waals surface area (Å²) in [4.78, 5) is 14.0. The van der Waals surface area contributed by atoms with Crippen LogP contribution in [0.15, 0.2) is 44.0 Å². The first kappa shape index (κ1) is 12.5. The van der Waals surface area contributed by atoms with Crippen molar-refractivity contribution >= 4 is 21.8 Å². The van der Waals surface area contributed by atoms with Crippen LogP contribution in [-0.2, 0) is 11.3 Å². The highest BCUT2D eigenvalue weighted by molar-refractivity contribution is 9.10. The number of nitrogens with zero attached hydrogens (tertiary/aromatic N) is 1. The second-order valence-corrected chi connectivity index (χ2v) is 5.65. The number of hydrogen-bond acceptors (Lipinski definition) is 3. The summed E-state index contributed by atoms with van der Waals surface area (Å²) in [5, 5.41) is 0. The molecule has 4 nitrogen and oxygen atoms in total. The second kappa shape index (κ2) is 4.89. The Bertz CT molecular complexity index is 575. The lowest BCUT2D eigenvalue weighted by molar-refractivity contribution is -0.132. The third-order valence-corrected chi connectivity index (χ3v) is 3.84. The molecule has 2 atom stereocenters. The summed E-state index contributed by atoms with van der Waals surface area (Å²) < 4.78 is 11.4. The number of hydrogen-bond donors (Lipinski definition) is 0. The predicted molar refractivity (Wildman–Crippen MR) is 72.4 cm³/mol. The Morgan fingerprint density at radius 1 is 1.47 bits per heavy atom. The van der Waals surface area contributed by atoms with Crippen molar-refractivity contribution in [3.05, 3.63) is 46.7 Å². The molecule has 0 aromatic carbocycles. The van der Waals surface area contributed by atoms with Gasteiger partial charge in [0, 0.05) is 18.9 Å². The Hall–Kier alpha value is -1.49. The predicted octanol–water partition coefficient (Wildman–Crippen LogP) is 3.40. The second-order valence-electron chi connectivity index (χ2n) is 4.86. The monoisotopic (exact) mass is 323 g/mol. The van der Waals surface area contributed by atoms with Crippen LogP contribution in [0.1, 0.15) is 23.9 Å². The third kappa shape index (κ3) is 2.61. The van der Waals surface area contributed by atoms with Gasteiger partial charge in [0.2, 0.25) is 5.91 Å². The van der Waals surface area contributed by atoms with Gasteiger partial charge in [0.25, 0.3) is 0 Å². The van der Waals surface area contributed by atoms with Crippen LogP contribution in [-0.4, -0.2) is 17.9 Å². The molecule has 0 N–H and O–H groups in total. The topological polar surface area (TPSA) is 46.6 Å². The zero-order chi connectivity index (χ0) is 13.4. The van der Waals surface area contributed by atoms with E-state index in [4.69, 9.17) is 8.83 Å². The zero-order valence-corrected chi connectivity index (χ0v) is 12.1. The maximum Gasteiger partial charge on any atom is 0.226 e. The Balaban J connectivity index is 1.59. The lowest BCUT2D eigenvalue weighted by Gasteiger charge is -2.15. The van der Waals surface area contributed by atoms with Gasteiger partial charge in [0.05, 0.1) is 12.8 Å². The largest absolute Gasteiger partial charge is 0.469 e. The molecule has 1 amide bonds. The molecular weight excluding hydrogens is 310 g/mol. The average molecular weight is 324 g/mol. The molecule has 1 fully saturated rings. The van der Waals surface area contributed by atoms with Crippen molar-refractivity contribution < 1.29 is 13.6 Å². The van der Waals surface area contributed by atoms with Crippen molar-refractivity contribution in [1.29, 1.82) is 0 Å². The lowest BCUT2D eigenvalue weighted by atomic mass is 10.2. The van der Waals surface area contributed by atoms with E-state index in [0.29, 0.717) is 11.2 Å². The van der Waals surface area contributed by atoms with E-state index in [-0.39, 0.29) is 17.7 Å². The van der Waals surface area contributed by atoms with Gasteiger partial charge < -0.3 is 13.7 Å². The highest BCUT2D eigenvalue weighted by Crippen LogP contribution is 2.48. The SMILES string of the molecule is CN(Cc1ccc(Br)o1)C(=O)C1CC1c1ccco1. The number of carbonyl (C=O) groups excluding carboxylic acids is 1. The fraction of sp³-hybridized carbons (Fsp3) is 0.357. The summed E-state index contributed by atoms with van der Waals surface area (Å²) in [5.41, 5.74) is 0. The third-order valence-electron chi connectivity index (χ3n) is 3.41. The van der Waals surface area contributed by atoms with Gasteiger partial charge in [-0.15, -0.1) is 0 Å². The van der Waals surface area contributed by atoms with Gasteiger partial charge in [-0.3, -0.25) is 4.79 Å². The highest BCUT2D eigenvalue weighted by Gasteiger charge is 2.46. The van der Waals surface area contributed by atoms with Crippen molar-refractivity contribution in [2.45, 2.75) is 18.9 Å². The zero-order valence-electron chi connectivity index (χ0n) is 10.5. The van der Waals surface area contributed by atoms with Gasteiger partial charge in [0.15, 0.2) is 4.67 Å². The fourth-order valence-electron chi connectivity index (χ4n) is 2.32. The molecule has 1 saturated carbocycles. The normalized spacial score (nSPS) is 21.4. The summed E-state index contributed by atoms with van der Waals surface area (Å²) in [7, 11) is 1.80. The molecule has 0 bridgehead atoms. The molecule has 0 spiro atoms. The number of rotatable bonds is 4. The Morgan fingerprint density at radius 2 is 2.32 bits per heavy atom. The summed E-state index contributed by atoms with van der Waals surface area (Å²) in [6.45, 7) is 0.492. The molecule has 0 saturated heterocycles. The van der Waals surface area contributed by atoms with Crippen LogP contribution >= 0.6 is 15.9 Å². The number of amides is 1. The first-order chi connectivity index (χ1) is 9.15. The fourth-order valence-corrected chi connectivity index (χ4v) is 2.66. The van der Waals surface area contributed by atoms with Crippen molar-refractivity contribution in [3.63, 3.8) is 0 Å². The van der Waals surface area contributed by atoms with Gasteiger partial charge >= 0.3 is 0 Å². The lowest BCUT2D eigenvalue weighted by Crippen LogP contribution is -2.27. The molecule has 0 radical (unpaired) electrons. The van der Waals surface area contributed by atoms with E-state index >= 15 is 0 Å². The minimum Gasteiger partial charge on any atom is -0.469 e. The van der Waals surface area contributed by atoms with Gasteiger partial charge in [-0.05, 0) is 46.6 Å². The van der Waals surface area contributed by atoms with Crippen molar-refractivity contribution in [2.24, 2.45) is 5.92 Å². The van der Waals surface area contributed by atoms with Crippen LogP contribution in [0.5, 0.6) is 0 Å². The van der Waals surface area contributed by atoms with Gasteiger partial charge in [-0.2, -0.15) is 0 Å². The number of carbonyl (C=O) groups is 1. The molecule has 5 heteroatoms. The maximum absolute atomic E-state index is 12.3. The van der Waals surface area contributed by atoms with E-state index in [0.717, 1.165) is 17.9 Å². The molecule has 1 aliphatic rings. The summed E-state index contributed by atoms with van der Waals surface area (Å²) in [6, 6.07) is 7.49. The Kier molecular flexibility index (Phi) is 3.22. The van der Waals surface area contributed by atoms with Crippen molar-refractivity contribution in [3.8, 4) is 0 Å². The Labute approximate surface area is 119 Å². The molecule has 2 aromatic heterocycles. The van der Waals surface area contributed by atoms with Crippen LogP contribution in [0.25, 0.3) is 0 Å². The molecule has 0 aliphatic heterocycles. The van der Waals surface area contributed by atoms with E-state index < -0.39 is 0 Å². The van der Waals surface area contributed by atoms with Gasteiger partial charge in [-0.1, -0.05) is 0 Å². The first-order valence-electron chi connectivity index (χ1n) is 6.17. The number of furan rings is 2. The van der Waals surface area contributed by atoms with Crippen LogP contribution in [0.2, 0.25) is 0 Å². The van der Waals surface area contributed by atoms with E-state index in [1.54, 1.807) is 18.2 Å². The first-order valence-corrected chi connectivity index (χ1v) is 6.97. The number of halogens is 1. The average Bonchev–Trinajstić information content (AvgIpc) is 2.81. The molecule has 19 heavy (non-hydrogen) atoms. The molecule has 100 valence electrons. The molecule has 2 aromatic rings. The summed E-state index contributed by atoms with van der Waals surface area (Å²) in [5.74, 6) is 2.13. The van der Waals surface area contributed by atoms with E-state index in [1.165, 1.54) is 0 Å². The molecular formula is C14H14BrNO3. The maximum atomic E-state index is 12.3. The van der Waals surface area contributed by atoms with Gasteiger partial charge in [0.1, 0.15) is 11.5 Å². The highest BCUT2D eigenvalue weighted by atomic mass is 79.9. The van der Waals surface area contributed by atoms with E-state index in [2.05, 4.69) is 15.9 Å². The minimum atomic E-state index is 0.0505. The van der Waals surface area contributed by atoms with E-state index in [1.807, 2.05) is 24.3 Å². The van der Waals surface area contributed by atoms with Crippen LogP contribution in [0.3, 0.4) is 0 Å². The van der Waals surface area contributed by atoms with Crippen molar-refractivity contribution in [1.82, 2.24) is 4.90 Å².